The Morgan fingerprint density at radius 1 is 1.61 bits per heavy atom. The molecule has 0 saturated carbocycles. The smallest absolute Gasteiger partial charge is 0.338 e. The summed E-state index contributed by atoms with van der Waals surface area (Å²) in [4.78, 5) is 15.6. The minimum atomic E-state index is -0.922. The molecule has 2 aromatic rings. The third-order valence-corrected chi connectivity index (χ3v) is 3.07. The number of aromatic carboxylic acids is 1. The molecule has 0 aliphatic carbocycles. The van der Waals surface area contributed by atoms with Crippen molar-refractivity contribution in [3.63, 3.8) is 0 Å². The molecule has 1 unspecified atom stereocenters. The lowest BCUT2D eigenvalue weighted by molar-refractivity contribution is 0.0697. The number of carboxylic acids is 1. The summed E-state index contributed by atoms with van der Waals surface area (Å²) < 4.78 is 7.05. The maximum absolute atomic E-state index is 11.4. The van der Waals surface area contributed by atoms with Crippen molar-refractivity contribution >= 4 is 17.0 Å². The Hall–Kier alpha value is -1.88. The van der Waals surface area contributed by atoms with E-state index in [1.165, 1.54) is 0 Å². The van der Waals surface area contributed by atoms with Crippen LogP contribution in [0, 0.1) is 6.92 Å². The summed E-state index contributed by atoms with van der Waals surface area (Å²) in [5.41, 5.74) is 1.72. The molecule has 0 amide bonds. The minimum Gasteiger partial charge on any atom is -0.478 e. The predicted octanol–water partition coefficient (Wildman–Crippen LogP) is 2.25. The van der Waals surface area contributed by atoms with Crippen molar-refractivity contribution in [2.75, 3.05) is 13.7 Å². The number of nitrogens with zero attached hydrogens (tertiary/aromatic N) is 2. The van der Waals surface area contributed by atoms with Crippen LogP contribution >= 0.6 is 0 Å². The molecular weight excluding hydrogens is 232 g/mol. The third-order valence-electron chi connectivity index (χ3n) is 3.07. The monoisotopic (exact) mass is 248 g/mol. The fourth-order valence-electron chi connectivity index (χ4n) is 2.38. The minimum absolute atomic E-state index is 0.0421. The van der Waals surface area contributed by atoms with Crippen molar-refractivity contribution in [1.29, 1.82) is 0 Å². The lowest BCUT2D eigenvalue weighted by atomic mass is 10.2. The molecule has 0 aliphatic rings. The Labute approximate surface area is 105 Å². The topological polar surface area (TPSA) is 64.3 Å². The van der Waals surface area contributed by atoms with Crippen LogP contribution in [0.25, 0.3) is 11.0 Å². The van der Waals surface area contributed by atoms with E-state index in [1.54, 1.807) is 32.4 Å². The molecule has 0 aliphatic heterocycles. The van der Waals surface area contributed by atoms with Gasteiger partial charge in [0.25, 0.3) is 0 Å². The SMILES string of the molecule is COCC(C)n1c(C)c(C(=O)O)c2cccnc21. The molecule has 0 fully saturated rings. The molecule has 5 heteroatoms. The first-order valence-corrected chi connectivity index (χ1v) is 5.75. The first-order chi connectivity index (χ1) is 8.57. The van der Waals surface area contributed by atoms with E-state index in [1.807, 2.05) is 11.5 Å². The molecule has 1 N–H and O–H groups in total. The standard InChI is InChI=1S/C13H16N2O3/c1-8(7-18-3)15-9(2)11(13(16)17)10-5-4-6-14-12(10)15/h4-6,8H,7H2,1-3H3,(H,16,17). The van der Waals surface area contributed by atoms with E-state index in [-0.39, 0.29) is 6.04 Å². The molecule has 1 atom stereocenters. The number of rotatable bonds is 4. The van der Waals surface area contributed by atoms with Gasteiger partial charge in [0.15, 0.2) is 0 Å². The number of carbonyl (C=O) groups is 1. The number of hydrogen-bond donors (Lipinski definition) is 1. The first-order valence-electron chi connectivity index (χ1n) is 5.75. The third kappa shape index (κ3) is 1.86. The molecule has 0 aromatic carbocycles. The van der Waals surface area contributed by atoms with Crippen LogP contribution in [0.2, 0.25) is 0 Å². The van der Waals surface area contributed by atoms with Crippen LogP contribution in [-0.2, 0) is 4.74 Å². The van der Waals surface area contributed by atoms with Crippen LogP contribution in [0.3, 0.4) is 0 Å². The Balaban J connectivity index is 2.73. The van der Waals surface area contributed by atoms with Gasteiger partial charge in [-0.1, -0.05) is 0 Å². The second-order valence-corrected chi connectivity index (χ2v) is 4.31. The molecule has 2 rings (SSSR count). The Kier molecular flexibility index (Phi) is 3.34. The number of ether oxygens (including phenoxy) is 1. The summed E-state index contributed by atoms with van der Waals surface area (Å²) in [6, 6.07) is 3.58. The van der Waals surface area contributed by atoms with Gasteiger partial charge in [-0.3, -0.25) is 0 Å². The molecule has 96 valence electrons. The van der Waals surface area contributed by atoms with Crippen molar-refractivity contribution < 1.29 is 14.6 Å². The summed E-state index contributed by atoms with van der Waals surface area (Å²) >= 11 is 0. The first kappa shape index (κ1) is 12.6. The number of methoxy groups -OCH3 is 1. The molecule has 18 heavy (non-hydrogen) atoms. The van der Waals surface area contributed by atoms with Crippen molar-refractivity contribution in [2.45, 2.75) is 19.9 Å². The number of fused-ring (bicyclic) bond motifs is 1. The van der Waals surface area contributed by atoms with E-state index < -0.39 is 5.97 Å². The van der Waals surface area contributed by atoms with Gasteiger partial charge in [0.05, 0.1) is 18.2 Å². The average molecular weight is 248 g/mol. The number of hydrogen-bond acceptors (Lipinski definition) is 3. The quantitative estimate of drug-likeness (QED) is 0.901. The number of pyridine rings is 1. The zero-order valence-electron chi connectivity index (χ0n) is 10.7. The highest BCUT2D eigenvalue weighted by molar-refractivity contribution is 6.04. The van der Waals surface area contributed by atoms with Crippen molar-refractivity contribution in [1.82, 2.24) is 9.55 Å². The van der Waals surface area contributed by atoms with Crippen LogP contribution in [0.4, 0.5) is 0 Å². The highest BCUT2D eigenvalue weighted by atomic mass is 16.5. The van der Waals surface area contributed by atoms with Crippen LogP contribution in [-0.4, -0.2) is 34.3 Å². The molecular formula is C13H16N2O3. The molecule has 0 bridgehead atoms. The summed E-state index contributed by atoms with van der Waals surface area (Å²) in [5.74, 6) is -0.922. The zero-order chi connectivity index (χ0) is 13.3. The molecule has 2 aromatic heterocycles. The Morgan fingerprint density at radius 3 is 2.94 bits per heavy atom. The van der Waals surface area contributed by atoms with Gasteiger partial charge in [-0.25, -0.2) is 9.78 Å². The van der Waals surface area contributed by atoms with E-state index in [0.29, 0.717) is 28.9 Å². The van der Waals surface area contributed by atoms with E-state index >= 15 is 0 Å². The fourth-order valence-corrected chi connectivity index (χ4v) is 2.38. The van der Waals surface area contributed by atoms with E-state index in [4.69, 9.17) is 4.74 Å². The summed E-state index contributed by atoms with van der Waals surface area (Å²) in [5, 5.41) is 9.99. The van der Waals surface area contributed by atoms with Gasteiger partial charge in [-0.05, 0) is 26.0 Å². The molecule has 5 nitrogen and oxygen atoms in total. The van der Waals surface area contributed by atoms with Gasteiger partial charge in [0.2, 0.25) is 0 Å². The van der Waals surface area contributed by atoms with E-state index in [9.17, 15) is 9.90 Å². The van der Waals surface area contributed by atoms with Crippen LogP contribution in [0.1, 0.15) is 29.0 Å². The van der Waals surface area contributed by atoms with E-state index in [2.05, 4.69) is 4.98 Å². The van der Waals surface area contributed by atoms with Gasteiger partial charge in [0, 0.05) is 24.4 Å². The summed E-state index contributed by atoms with van der Waals surface area (Å²) in [6.45, 7) is 4.30. The summed E-state index contributed by atoms with van der Waals surface area (Å²) in [6.07, 6.45) is 1.67. The normalized spacial score (nSPS) is 12.8. The van der Waals surface area contributed by atoms with Crippen LogP contribution in [0.15, 0.2) is 18.3 Å². The van der Waals surface area contributed by atoms with Crippen molar-refractivity contribution in [3.05, 3.63) is 29.6 Å². The molecule has 0 spiro atoms. The number of aromatic nitrogens is 2. The molecule has 0 radical (unpaired) electrons. The predicted molar refractivity (Wildman–Crippen MR) is 68.0 cm³/mol. The molecule has 0 saturated heterocycles. The van der Waals surface area contributed by atoms with Gasteiger partial charge in [-0.2, -0.15) is 0 Å². The Morgan fingerprint density at radius 2 is 2.33 bits per heavy atom. The van der Waals surface area contributed by atoms with E-state index in [0.717, 1.165) is 0 Å². The second-order valence-electron chi connectivity index (χ2n) is 4.31. The maximum Gasteiger partial charge on any atom is 0.338 e. The highest BCUT2D eigenvalue weighted by Crippen LogP contribution is 2.27. The Bertz CT molecular complexity index is 589. The lowest BCUT2D eigenvalue weighted by Crippen LogP contribution is -2.13. The largest absolute Gasteiger partial charge is 0.478 e. The van der Waals surface area contributed by atoms with Gasteiger partial charge in [0.1, 0.15) is 5.65 Å². The van der Waals surface area contributed by atoms with Crippen LogP contribution < -0.4 is 0 Å². The zero-order valence-corrected chi connectivity index (χ0v) is 10.7. The average Bonchev–Trinajstić information content (AvgIpc) is 2.61. The van der Waals surface area contributed by atoms with Crippen LogP contribution in [0.5, 0.6) is 0 Å². The number of carboxylic acid groups (broad SMARTS) is 1. The second kappa shape index (κ2) is 4.78. The molecule has 2 heterocycles. The van der Waals surface area contributed by atoms with Gasteiger partial charge in [-0.15, -0.1) is 0 Å². The van der Waals surface area contributed by atoms with Gasteiger partial charge < -0.3 is 14.4 Å². The van der Waals surface area contributed by atoms with Crippen molar-refractivity contribution in [3.8, 4) is 0 Å². The van der Waals surface area contributed by atoms with Gasteiger partial charge >= 0.3 is 5.97 Å². The fraction of sp³-hybridized carbons (Fsp3) is 0.385. The lowest BCUT2D eigenvalue weighted by Gasteiger charge is -2.15. The maximum atomic E-state index is 11.4. The highest BCUT2D eigenvalue weighted by Gasteiger charge is 2.22. The summed E-state index contributed by atoms with van der Waals surface area (Å²) in [7, 11) is 1.63. The van der Waals surface area contributed by atoms with Crippen molar-refractivity contribution in [2.24, 2.45) is 0 Å².